The number of nitrogens with two attached hydrogens (primary N) is 1. The number of rotatable bonds is 4. The fraction of sp³-hybridized carbons (Fsp3) is 0.235. The lowest BCUT2D eigenvalue weighted by Crippen LogP contribution is -2.21. The van der Waals surface area contributed by atoms with Crippen molar-refractivity contribution in [1.29, 1.82) is 5.26 Å². The van der Waals surface area contributed by atoms with Crippen LogP contribution in [0.1, 0.15) is 6.42 Å². The van der Waals surface area contributed by atoms with Crippen molar-refractivity contribution in [2.45, 2.75) is 6.42 Å². The lowest BCUT2D eigenvalue weighted by molar-refractivity contribution is 0.172. The van der Waals surface area contributed by atoms with Gasteiger partial charge in [0.25, 0.3) is 0 Å². The van der Waals surface area contributed by atoms with Crippen LogP contribution < -0.4 is 20.1 Å². The molecule has 1 aliphatic heterocycles. The summed E-state index contributed by atoms with van der Waals surface area (Å²) in [6.07, 6.45) is 0.406. The molecule has 0 aromatic heterocycles. The lowest BCUT2D eigenvalue weighted by atomic mass is 10.1. The van der Waals surface area contributed by atoms with Crippen LogP contribution in [0.5, 0.6) is 11.5 Å². The van der Waals surface area contributed by atoms with E-state index in [1.54, 1.807) is 6.07 Å². The third kappa shape index (κ3) is 2.77. The second kappa shape index (κ2) is 6.27. The smallest absolute Gasteiger partial charge is 0.163 e. The molecule has 2 aromatic rings. The van der Waals surface area contributed by atoms with E-state index in [1.165, 1.54) is 0 Å². The normalized spacial score (nSPS) is 12.5. The molecule has 0 fully saturated rings. The van der Waals surface area contributed by atoms with Crippen molar-refractivity contribution in [3.8, 4) is 17.6 Å². The van der Waals surface area contributed by atoms with Gasteiger partial charge in [-0.15, -0.1) is 0 Å². The van der Waals surface area contributed by atoms with E-state index in [0.717, 1.165) is 11.4 Å². The Hall–Kier alpha value is -2.87. The summed E-state index contributed by atoms with van der Waals surface area (Å²) in [7, 11) is 0. The van der Waals surface area contributed by atoms with Crippen LogP contribution in [-0.4, -0.2) is 19.8 Å². The van der Waals surface area contributed by atoms with Gasteiger partial charge in [0.05, 0.1) is 23.9 Å². The highest BCUT2D eigenvalue weighted by Crippen LogP contribution is 2.40. The van der Waals surface area contributed by atoms with E-state index >= 15 is 0 Å². The van der Waals surface area contributed by atoms with E-state index in [1.807, 2.05) is 41.3 Å². The Morgan fingerprint density at radius 3 is 2.45 bits per heavy atom. The molecule has 5 heteroatoms. The summed E-state index contributed by atoms with van der Waals surface area (Å²) in [5, 5.41) is 8.92. The number of nitrogen functional groups attached to an aromatic ring is 1. The highest BCUT2D eigenvalue weighted by molar-refractivity contribution is 5.78. The van der Waals surface area contributed by atoms with E-state index in [-0.39, 0.29) is 0 Å². The van der Waals surface area contributed by atoms with Crippen molar-refractivity contribution in [3.63, 3.8) is 0 Å². The topological polar surface area (TPSA) is 71.5 Å². The summed E-state index contributed by atoms with van der Waals surface area (Å²) < 4.78 is 11.2. The number of anilines is 3. The summed E-state index contributed by atoms with van der Waals surface area (Å²) in [6, 6.07) is 15.7. The van der Waals surface area contributed by atoms with Crippen molar-refractivity contribution < 1.29 is 9.47 Å². The second-order valence-electron chi connectivity index (χ2n) is 4.95. The van der Waals surface area contributed by atoms with Crippen molar-refractivity contribution in [1.82, 2.24) is 0 Å². The first kappa shape index (κ1) is 14.1. The van der Waals surface area contributed by atoms with Gasteiger partial charge < -0.3 is 20.1 Å². The summed E-state index contributed by atoms with van der Waals surface area (Å²) in [6.45, 7) is 1.62. The third-order valence-electron chi connectivity index (χ3n) is 3.50. The molecule has 2 N–H and O–H groups in total. The van der Waals surface area contributed by atoms with Gasteiger partial charge in [-0.2, -0.15) is 5.26 Å². The van der Waals surface area contributed by atoms with Crippen molar-refractivity contribution >= 4 is 17.1 Å². The summed E-state index contributed by atoms with van der Waals surface area (Å²) in [5.74, 6) is 1.36. The van der Waals surface area contributed by atoms with Crippen molar-refractivity contribution in [3.05, 3.63) is 42.5 Å². The molecule has 0 bridgehead atoms. The van der Waals surface area contributed by atoms with E-state index in [9.17, 15) is 0 Å². The predicted octanol–water partition coefficient (Wildman–Crippen LogP) is 3.09. The van der Waals surface area contributed by atoms with Crippen LogP contribution >= 0.6 is 0 Å². The van der Waals surface area contributed by atoms with E-state index in [4.69, 9.17) is 20.5 Å². The molecule has 0 radical (unpaired) electrons. The Kier molecular flexibility index (Phi) is 4.01. The van der Waals surface area contributed by atoms with Crippen molar-refractivity contribution in [2.24, 2.45) is 0 Å². The molecule has 3 rings (SSSR count). The molecule has 112 valence electrons. The number of para-hydroxylation sites is 1. The Bertz CT molecular complexity index is 695. The van der Waals surface area contributed by atoms with Gasteiger partial charge in [0.15, 0.2) is 11.5 Å². The maximum atomic E-state index is 8.92. The molecule has 0 spiro atoms. The van der Waals surface area contributed by atoms with Gasteiger partial charge in [-0.3, -0.25) is 0 Å². The third-order valence-corrected chi connectivity index (χ3v) is 3.50. The van der Waals surface area contributed by atoms with Gasteiger partial charge >= 0.3 is 0 Å². The monoisotopic (exact) mass is 295 g/mol. The van der Waals surface area contributed by atoms with Gasteiger partial charge in [0, 0.05) is 24.4 Å². The van der Waals surface area contributed by atoms with Crippen molar-refractivity contribution in [2.75, 3.05) is 30.4 Å². The molecule has 0 amide bonds. The summed E-state index contributed by atoms with van der Waals surface area (Å²) in [4.78, 5) is 2.02. The summed E-state index contributed by atoms with van der Waals surface area (Å²) >= 11 is 0. The highest BCUT2D eigenvalue weighted by atomic mass is 16.6. The average Bonchev–Trinajstić information content (AvgIpc) is 2.56. The van der Waals surface area contributed by atoms with Crippen LogP contribution in [0.3, 0.4) is 0 Å². The first-order valence-electron chi connectivity index (χ1n) is 7.18. The molecule has 0 unspecified atom stereocenters. The molecule has 1 aliphatic rings. The van der Waals surface area contributed by atoms with E-state index in [0.29, 0.717) is 43.4 Å². The van der Waals surface area contributed by atoms with Gasteiger partial charge in [-0.05, 0) is 12.1 Å². The molecule has 5 nitrogen and oxygen atoms in total. The van der Waals surface area contributed by atoms with E-state index in [2.05, 4.69) is 6.07 Å². The minimum atomic E-state index is 0.406. The Morgan fingerprint density at radius 2 is 1.77 bits per heavy atom. The molecule has 0 saturated carbocycles. The number of benzene rings is 2. The molecule has 0 saturated heterocycles. The number of nitrogens with zero attached hydrogens (tertiary/aromatic N) is 2. The van der Waals surface area contributed by atoms with Crippen LogP contribution in [0.4, 0.5) is 17.1 Å². The molecule has 1 heterocycles. The van der Waals surface area contributed by atoms with Crippen LogP contribution in [0.25, 0.3) is 0 Å². The maximum absolute atomic E-state index is 8.92. The minimum absolute atomic E-state index is 0.406. The molecule has 2 aromatic carbocycles. The lowest BCUT2D eigenvalue weighted by Gasteiger charge is -2.28. The SMILES string of the molecule is N#CCCN(c1ccccc1)c1cc2c(cc1N)OCCO2. The Balaban J connectivity index is 2.02. The van der Waals surface area contributed by atoms with Gasteiger partial charge in [0.1, 0.15) is 13.2 Å². The summed E-state index contributed by atoms with van der Waals surface area (Å²) in [5.41, 5.74) is 8.61. The first-order chi connectivity index (χ1) is 10.8. The number of nitriles is 1. The fourth-order valence-electron chi connectivity index (χ4n) is 2.49. The van der Waals surface area contributed by atoms with Crippen LogP contribution in [0.2, 0.25) is 0 Å². The maximum Gasteiger partial charge on any atom is 0.163 e. The number of hydrogen-bond acceptors (Lipinski definition) is 5. The number of hydrogen-bond donors (Lipinski definition) is 1. The van der Waals surface area contributed by atoms with Gasteiger partial charge in [0.2, 0.25) is 0 Å². The van der Waals surface area contributed by atoms with E-state index < -0.39 is 0 Å². The second-order valence-corrected chi connectivity index (χ2v) is 4.95. The first-order valence-corrected chi connectivity index (χ1v) is 7.18. The predicted molar refractivity (Wildman–Crippen MR) is 85.5 cm³/mol. The molecular formula is C17H17N3O2. The molecule has 0 aliphatic carbocycles. The fourth-order valence-corrected chi connectivity index (χ4v) is 2.49. The number of fused-ring (bicyclic) bond motifs is 1. The standard InChI is InChI=1S/C17H17N3O2/c18-7-4-8-20(13-5-2-1-3-6-13)15-12-17-16(11-14(15)19)21-9-10-22-17/h1-3,5-6,11-12H,4,8-10,19H2. The molecule has 22 heavy (non-hydrogen) atoms. The Labute approximate surface area is 129 Å². The van der Waals surface area contributed by atoms with Crippen LogP contribution in [0, 0.1) is 11.3 Å². The average molecular weight is 295 g/mol. The van der Waals surface area contributed by atoms with Gasteiger partial charge in [-0.25, -0.2) is 0 Å². The zero-order valence-electron chi connectivity index (χ0n) is 12.2. The van der Waals surface area contributed by atoms with Crippen LogP contribution in [-0.2, 0) is 0 Å². The number of ether oxygens (including phenoxy) is 2. The minimum Gasteiger partial charge on any atom is -0.486 e. The zero-order valence-corrected chi connectivity index (χ0v) is 12.2. The van der Waals surface area contributed by atoms with Gasteiger partial charge in [-0.1, -0.05) is 18.2 Å². The largest absolute Gasteiger partial charge is 0.486 e. The molecular weight excluding hydrogens is 278 g/mol. The zero-order chi connectivity index (χ0) is 15.4. The molecule has 0 atom stereocenters. The Morgan fingerprint density at radius 1 is 1.09 bits per heavy atom. The highest BCUT2D eigenvalue weighted by Gasteiger charge is 2.19. The quantitative estimate of drug-likeness (QED) is 0.878. The van der Waals surface area contributed by atoms with Crippen LogP contribution in [0.15, 0.2) is 42.5 Å².